The largest absolute Gasteiger partial charge is 0.507 e. The zero-order valence-electron chi connectivity index (χ0n) is 23.9. The summed E-state index contributed by atoms with van der Waals surface area (Å²) in [6.07, 6.45) is 0. The minimum absolute atomic E-state index is 0.00479. The smallest absolute Gasteiger partial charge is 0.295 e. The maximum absolute atomic E-state index is 13.5. The van der Waals surface area contributed by atoms with Gasteiger partial charge in [-0.25, -0.2) is 0 Å². The number of aliphatic hydroxyl groups excluding tert-OH is 1. The van der Waals surface area contributed by atoms with Crippen molar-refractivity contribution in [1.29, 1.82) is 0 Å². The van der Waals surface area contributed by atoms with Crippen molar-refractivity contribution in [2.45, 2.75) is 33.7 Å². The molecule has 212 valence electrons. The van der Waals surface area contributed by atoms with Crippen molar-refractivity contribution >= 4 is 17.4 Å². The first-order valence-corrected chi connectivity index (χ1v) is 13.2. The molecule has 1 saturated heterocycles. The lowest BCUT2D eigenvalue weighted by atomic mass is 9.94. The summed E-state index contributed by atoms with van der Waals surface area (Å²) in [5, 5.41) is 11.5. The van der Waals surface area contributed by atoms with Gasteiger partial charge in [-0.3, -0.25) is 9.59 Å². The molecule has 0 aromatic heterocycles. The van der Waals surface area contributed by atoms with Crippen LogP contribution in [0.1, 0.15) is 44.9 Å². The van der Waals surface area contributed by atoms with Crippen molar-refractivity contribution in [3.63, 3.8) is 0 Å². The van der Waals surface area contributed by atoms with Crippen molar-refractivity contribution in [2.24, 2.45) is 5.92 Å². The number of hydrogen-bond acceptors (Lipinski definition) is 8. The molecule has 39 heavy (non-hydrogen) atoms. The summed E-state index contributed by atoms with van der Waals surface area (Å²) >= 11 is 0. The van der Waals surface area contributed by atoms with Crippen LogP contribution in [0.15, 0.2) is 42.0 Å². The molecular weight excluding hydrogens is 500 g/mol. The summed E-state index contributed by atoms with van der Waals surface area (Å²) in [5.74, 6) is 0.335. The van der Waals surface area contributed by atoms with Crippen molar-refractivity contribution in [3.8, 4) is 23.0 Å². The van der Waals surface area contributed by atoms with Crippen LogP contribution in [0.5, 0.6) is 23.0 Å². The van der Waals surface area contributed by atoms with Gasteiger partial charge in [0.1, 0.15) is 11.5 Å². The average Bonchev–Trinajstić information content (AvgIpc) is 3.20. The Bertz CT molecular complexity index is 1180. The van der Waals surface area contributed by atoms with E-state index in [0.717, 1.165) is 13.1 Å². The highest BCUT2D eigenvalue weighted by Crippen LogP contribution is 2.45. The second-order valence-electron chi connectivity index (χ2n) is 9.71. The Kier molecular flexibility index (Phi) is 10.2. The number of carbonyl (C=O) groups is 2. The molecule has 1 amide bonds. The molecule has 0 spiro atoms. The highest BCUT2D eigenvalue weighted by molar-refractivity contribution is 6.46. The molecule has 0 radical (unpaired) electrons. The van der Waals surface area contributed by atoms with Crippen LogP contribution >= 0.6 is 0 Å². The minimum atomic E-state index is -0.866. The fraction of sp³-hybridized carbons (Fsp3) is 0.467. The van der Waals surface area contributed by atoms with Crippen LogP contribution in [0, 0.1) is 5.92 Å². The van der Waals surface area contributed by atoms with Crippen molar-refractivity contribution in [1.82, 2.24) is 9.80 Å². The van der Waals surface area contributed by atoms with Gasteiger partial charge in [0.05, 0.1) is 39.6 Å². The zero-order chi connectivity index (χ0) is 28.7. The molecule has 1 N–H and O–H groups in total. The number of nitrogens with zero attached hydrogens (tertiary/aromatic N) is 2. The third-order valence-corrected chi connectivity index (χ3v) is 6.79. The predicted molar refractivity (Wildman–Crippen MR) is 150 cm³/mol. The number of methoxy groups -OCH3 is 3. The SMILES string of the molecule is CCN(CC)CCN1C(=O)C(=O)/C(=C(/O)c2cccc(OCC(C)C)c2)C1c1cc(OC)c(OC)c(OC)c1. The molecule has 0 saturated carbocycles. The number of rotatable bonds is 13. The van der Waals surface area contributed by atoms with Gasteiger partial charge in [0.25, 0.3) is 11.7 Å². The molecule has 0 bridgehead atoms. The molecule has 3 rings (SSSR count). The lowest BCUT2D eigenvalue weighted by Crippen LogP contribution is -2.38. The summed E-state index contributed by atoms with van der Waals surface area (Å²) < 4.78 is 22.4. The monoisotopic (exact) mass is 540 g/mol. The molecule has 2 aromatic carbocycles. The highest BCUT2D eigenvalue weighted by atomic mass is 16.5. The van der Waals surface area contributed by atoms with Gasteiger partial charge in [0, 0.05) is 18.7 Å². The Morgan fingerprint density at radius 3 is 2.18 bits per heavy atom. The van der Waals surface area contributed by atoms with Crippen LogP contribution in [0.2, 0.25) is 0 Å². The number of benzene rings is 2. The van der Waals surface area contributed by atoms with Gasteiger partial charge in [-0.15, -0.1) is 0 Å². The number of hydrogen-bond donors (Lipinski definition) is 1. The number of ketones is 1. The first-order chi connectivity index (χ1) is 18.7. The second kappa shape index (κ2) is 13.4. The Morgan fingerprint density at radius 2 is 1.64 bits per heavy atom. The highest BCUT2D eigenvalue weighted by Gasteiger charge is 2.46. The molecular formula is C30H40N2O7. The minimum Gasteiger partial charge on any atom is -0.507 e. The third kappa shape index (κ3) is 6.47. The van der Waals surface area contributed by atoms with Crippen LogP contribution in [-0.4, -0.2) is 80.7 Å². The van der Waals surface area contributed by atoms with Crippen molar-refractivity contribution in [2.75, 3.05) is 54.1 Å². The van der Waals surface area contributed by atoms with E-state index in [2.05, 4.69) is 4.90 Å². The van der Waals surface area contributed by atoms with Gasteiger partial charge < -0.3 is 33.9 Å². The van der Waals surface area contributed by atoms with Crippen LogP contribution in [0.25, 0.3) is 5.76 Å². The van der Waals surface area contributed by atoms with Gasteiger partial charge in [0.15, 0.2) is 11.5 Å². The first-order valence-electron chi connectivity index (χ1n) is 13.2. The van der Waals surface area contributed by atoms with Crippen molar-refractivity contribution < 1.29 is 33.6 Å². The number of ether oxygens (including phenoxy) is 4. The Morgan fingerprint density at radius 1 is 1.00 bits per heavy atom. The fourth-order valence-corrected chi connectivity index (χ4v) is 4.66. The summed E-state index contributed by atoms with van der Waals surface area (Å²) in [7, 11) is 4.51. The normalized spacial score (nSPS) is 16.7. The number of carbonyl (C=O) groups excluding carboxylic acids is 2. The number of Topliss-reactive ketones (excluding diaryl/α,β-unsaturated/α-hetero) is 1. The van der Waals surface area contributed by atoms with E-state index in [0.29, 0.717) is 59.7 Å². The molecule has 0 aliphatic carbocycles. The van der Waals surface area contributed by atoms with Crippen molar-refractivity contribution in [3.05, 3.63) is 53.1 Å². The van der Waals surface area contributed by atoms with E-state index in [4.69, 9.17) is 18.9 Å². The quantitative estimate of drug-likeness (QED) is 0.225. The Hall–Kier alpha value is -3.72. The molecule has 9 heteroatoms. The van der Waals surface area contributed by atoms with E-state index in [-0.39, 0.29) is 11.3 Å². The Labute approximate surface area is 230 Å². The van der Waals surface area contributed by atoms with Crippen LogP contribution in [0.4, 0.5) is 0 Å². The number of amides is 1. The topological polar surface area (TPSA) is 97.8 Å². The van der Waals surface area contributed by atoms with E-state index < -0.39 is 17.7 Å². The number of likely N-dealkylation sites (N-methyl/N-ethyl adjacent to an activating group) is 1. The van der Waals surface area contributed by atoms with E-state index in [1.807, 2.05) is 27.7 Å². The molecule has 1 atom stereocenters. The molecule has 2 aromatic rings. The molecule has 1 heterocycles. The molecule has 9 nitrogen and oxygen atoms in total. The number of aliphatic hydroxyl groups is 1. The predicted octanol–water partition coefficient (Wildman–Crippen LogP) is 4.51. The molecule has 1 aliphatic heterocycles. The zero-order valence-corrected chi connectivity index (χ0v) is 23.9. The summed E-state index contributed by atoms with van der Waals surface area (Å²) in [4.78, 5) is 30.6. The molecule has 1 unspecified atom stereocenters. The number of likely N-dealkylation sites (tertiary alicyclic amines) is 1. The van der Waals surface area contributed by atoms with Gasteiger partial charge in [-0.05, 0) is 48.8 Å². The summed E-state index contributed by atoms with van der Waals surface area (Å²) in [5.41, 5.74) is 0.933. The standard InChI is InChI=1S/C30H40N2O7/c1-8-31(9-2)13-14-32-26(21-16-23(36-5)29(38-7)24(17-21)37-6)25(28(34)30(32)35)27(33)20-11-10-12-22(15-20)39-18-19(3)4/h10-12,15-17,19,26,33H,8-9,13-14,18H2,1-7H3/b27-25+. The van der Waals surface area contributed by atoms with E-state index >= 15 is 0 Å². The van der Waals surface area contributed by atoms with Crippen LogP contribution in [-0.2, 0) is 9.59 Å². The fourth-order valence-electron chi connectivity index (χ4n) is 4.66. The maximum atomic E-state index is 13.5. The summed E-state index contributed by atoms with van der Waals surface area (Å²) in [6, 6.07) is 9.44. The molecule has 1 aliphatic rings. The third-order valence-electron chi connectivity index (χ3n) is 6.79. The van der Waals surface area contributed by atoms with E-state index in [9.17, 15) is 14.7 Å². The van der Waals surface area contributed by atoms with Gasteiger partial charge in [0.2, 0.25) is 5.75 Å². The maximum Gasteiger partial charge on any atom is 0.295 e. The lowest BCUT2D eigenvalue weighted by Gasteiger charge is -2.29. The van der Waals surface area contributed by atoms with Crippen LogP contribution in [0.3, 0.4) is 0 Å². The van der Waals surface area contributed by atoms with Gasteiger partial charge in [-0.1, -0.05) is 39.8 Å². The molecule has 1 fully saturated rings. The Balaban J connectivity index is 2.19. The van der Waals surface area contributed by atoms with E-state index in [1.165, 1.54) is 26.2 Å². The first kappa shape index (κ1) is 29.8. The van der Waals surface area contributed by atoms with E-state index in [1.54, 1.807) is 36.4 Å². The summed E-state index contributed by atoms with van der Waals surface area (Å²) in [6.45, 7) is 11.1. The van der Waals surface area contributed by atoms with Gasteiger partial charge in [-0.2, -0.15) is 0 Å². The lowest BCUT2D eigenvalue weighted by molar-refractivity contribution is -0.140. The second-order valence-corrected chi connectivity index (χ2v) is 9.71. The average molecular weight is 541 g/mol. The van der Waals surface area contributed by atoms with Crippen LogP contribution < -0.4 is 18.9 Å². The van der Waals surface area contributed by atoms with Gasteiger partial charge >= 0.3 is 0 Å².